The molecular weight excluding hydrogens is 346 g/mol. The first-order valence-electron chi connectivity index (χ1n) is 8.41. The van der Waals surface area contributed by atoms with E-state index < -0.39 is 0 Å². The van der Waals surface area contributed by atoms with Crippen LogP contribution >= 0.6 is 11.3 Å². The molecule has 6 heteroatoms. The highest BCUT2D eigenvalue weighted by molar-refractivity contribution is 7.17. The van der Waals surface area contributed by atoms with Gasteiger partial charge in [0.05, 0.1) is 24.0 Å². The van der Waals surface area contributed by atoms with Gasteiger partial charge >= 0.3 is 0 Å². The summed E-state index contributed by atoms with van der Waals surface area (Å²) in [5.41, 5.74) is 6.13. The Morgan fingerprint density at radius 1 is 1.15 bits per heavy atom. The van der Waals surface area contributed by atoms with E-state index in [1.807, 2.05) is 19.2 Å². The second-order valence-corrected chi connectivity index (χ2v) is 7.47. The second kappa shape index (κ2) is 6.21. The summed E-state index contributed by atoms with van der Waals surface area (Å²) < 4.78 is 6.84. The molecule has 0 aliphatic rings. The van der Waals surface area contributed by atoms with Gasteiger partial charge in [-0.25, -0.2) is 4.98 Å². The molecule has 0 amide bonds. The minimum atomic E-state index is -0.0375. The largest absolute Gasteiger partial charge is 0.361 e. The summed E-state index contributed by atoms with van der Waals surface area (Å²) in [6, 6.07) is 6.28. The van der Waals surface area contributed by atoms with Crippen molar-refractivity contribution in [3.05, 3.63) is 68.4 Å². The second-order valence-electron chi connectivity index (χ2n) is 6.61. The third-order valence-corrected chi connectivity index (χ3v) is 5.77. The third-order valence-electron chi connectivity index (χ3n) is 4.89. The Morgan fingerprint density at radius 3 is 2.65 bits per heavy atom. The fourth-order valence-corrected chi connectivity index (χ4v) is 4.01. The van der Waals surface area contributed by atoms with Crippen LogP contribution in [0.4, 0.5) is 0 Å². The average molecular weight is 365 g/mol. The molecule has 4 rings (SSSR count). The minimum absolute atomic E-state index is 0.0375. The molecule has 3 heterocycles. The minimum Gasteiger partial charge on any atom is -0.361 e. The summed E-state index contributed by atoms with van der Waals surface area (Å²) in [5.74, 6) is 0.731. The van der Waals surface area contributed by atoms with Crippen molar-refractivity contribution >= 4 is 21.6 Å². The lowest BCUT2D eigenvalue weighted by Crippen LogP contribution is -2.21. The molecule has 3 aromatic heterocycles. The summed E-state index contributed by atoms with van der Waals surface area (Å²) in [7, 11) is 0. The van der Waals surface area contributed by atoms with E-state index in [4.69, 9.17) is 4.52 Å². The number of aryl methyl sites for hydroxylation is 4. The van der Waals surface area contributed by atoms with Crippen LogP contribution in [0.1, 0.15) is 28.1 Å². The highest BCUT2D eigenvalue weighted by atomic mass is 32.1. The van der Waals surface area contributed by atoms with E-state index in [2.05, 4.69) is 42.2 Å². The van der Waals surface area contributed by atoms with Gasteiger partial charge in [-0.05, 0) is 44.4 Å². The number of nitrogens with zero attached hydrogens (tertiary/aromatic N) is 3. The summed E-state index contributed by atoms with van der Waals surface area (Å²) in [5, 5.41) is 6.66. The Labute approximate surface area is 154 Å². The Bertz CT molecular complexity index is 1160. The van der Waals surface area contributed by atoms with Crippen molar-refractivity contribution in [2.24, 2.45) is 0 Å². The predicted molar refractivity (Wildman–Crippen MR) is 104 cm³/mol. The molecule has 0 bridgehead atoms. The van der Waals surface area contributed by atoms with Gasteiger partial charge in [0.2, 0.25) is 0 Å². The Balaban J connectivity index is 1.87. The first kappa shape index (κ1) is 16.7. The van der Waals surface area contributed by atoms with Crippen LogP contribution in [0.25, 0.3) is 21.3 Å². The van der Waals surface area contributed by atoms with Crippen molar-refractivity contribution in [3.8, 4) is 11.1 Å². The van der Waals surface area contributed by atoms with Gasteiger partial charge in [0.1, 0.15) is 10.6 Å². The highest BCUT2D eigenvalue weighted by Gasteiger charge is 2.16. The molecule has 132 valence electrons. The van der Waals surface area contributed by atoms with Gasteiger partial charge in [-0.3, -0.25) is 9.36 Å². The van der Waals surface area contributed by atoms with Gasteiger partial charge in [0.25, 0.3) is 5.56 Å². The molecule has 0 aliphatic heterocycles. The Hall–Kier alpha value is -2.73. The number of rotatable bonds is 3. The average Bonchev–Trinajstić information content (AvgIpc) is 3.18. The Kier molecular flexibility index (Phi) is 4.00. The van der Waals surface area contributed by atoms with E-state index in [1.54, 1.807) is 10.9 Å². The topological polar surface area (TPSA) is 60.9 Å². The van der Waals surface area contributed by atoms with Gasteiger partial charge in [-0.2, -0.15) is 0 Å². The molecule has 0 fully saturated rings. The number of hydrogen-bond donors (Lipinski definition) is 0. The molecule has 26 heavy (non-hydrogen) atoms. The van der Waals surface area contributed by atoms with Gasteiger partial charge in [0, 0.05) is 16.5 Å². The van der Waals surface area contributed by atoms with Crippen molar-refractivity contribution in [2.75, 3.05) is 0 Å². The number of benzene rings is 1. The highest BCUT2D eigenvalue weighted by Crippen LogP contribution is 2.31. The standard InChI is InChI=1S/C20H19N3O2S/c1-11-5-6-15(7-12(11)2)17-9-26-19-18(17)20(24)23(10-21-19)8-16-13(3)22-25-14(16)4/h5-7,9-10H,8H2,1-4H3. The van der Waals surface area contributed by atoms with Gasteiger partial charge < -0.3 is 4.52 Å². The zero-order valence-corrected chi connectivity index (χ0v) is 16.0. The zero-order chi connectivity index (χ0) is 18.4. The number of aromatic nitrogens is 3. The van der Waals surface area contributed by atoms with E-state index in [9.17, 15) is 4.79 Å². The van der Waals surface area contributed by atoms with Crippen molar-refractivity contribution in [2.45, 2.75) is 34.2 Å². The molecule has 0 radical (unpaired) electrons. The van der Waals surface area contributed by atoms with Crippen LogP contribution in [-0.4, -0.2) is 14.7 Å². The van der Waals surface area contributed by atoms with Crippen LogP contribution in [-0.2, 0) is 6.54 Å². The SMILES string of the molecule is Cc1ccc(-c2csc3ncn(Cc4c(C)noc4C)c(=O)c23)cc1C. The summed E-state index contributed by atoms with van der Waals surface area (Å²) in [6.07, 6.45) is 1.61. The maximum atomic E-state index is 13.2. The van der Waals surface area contributed by atoms with Crippen molar-refractivity contribution in [1.82, 2.24) is 14.7 Å². The fourth-order valence-electron chi connectivity index (χ4n) is 3.10. The van der Waals surface area contributed by atoms with E-state index >= 15 is 0 Å². The van der Waals surface area contributed by atoms with E-state index in [0.717, 1.165) is 33.0 Å². The molecule has 0 aliphatic carbocycles. The number of hydrogen-bond acceptors (Lipinski definition) is 5. The van der Waals surface area contributed by atoms with Crippen molar-refractivity contribution in [1.29, 1.82) is 0 Å². The predicted octanol–water partition coefficient (Wildman–Crippen LogP) is 4.39. The zero-order valence-electron chi connectivity index (χ0n) is 15.2. The number of thiophene rings is 1. The lowest BCUT2D eigenvalue weighted by atomic mass is 10.0. The van der Waals surface area contributed by atoms with Crippen LogP contribution < -0.4 is 5.56 Å². The molecule has 4 aromatic rings. The fraction of sp³-hybridized carbons (Fsp3) is 0.250. The van der Waals surface area contributed by atoms with E-state index in [0.29, 0.717) is 11.9 Å². The van der Waals surface area contributed by atoms with Crippen LogP contribution in [0.3, 0.4) is 0 Å². The first-order valence-corrected chi connectivity index (χ1v) is 9.29. The van der Waals surface area contributed by atoms with Crippen LogP contribution in [0.2, 0.25) is 0 Å². The van der Waals surface area contributed by atoms with Gasteiger partial charge in [-0.15, -0.1) is 11.3 Å². The summed E-state index contributed by atoms with van der Waals surface area (Å²) in [4.78, 5) is 18.4. The number of fused-ring (bicyclic) bond motifs is 1. The summed E-state index contributed by atoms with van der Waals surface area (Å²) >= 11 is 1.50. The maximum Gasteiger partial charge on any atom is 0.263 e. The van der Waals surface area contributed by atoms with Crippen molar-refractivity contribution < 1.29 is 4.52 Å². The molecular formula is C20H19N3O2S. The maximum absolute atomic E-state index is 13.2. The lowest BCUT2D eigenvalue weighted by Gasteiger charge is -2.07. The molecule has 0 saturated heterocycles. The molecule has 0 unspecified atom stereocenters. The van der Waals surface area contributed by atoms with Crippen LogP contribution in [0.5, 0.6) is 0 Å². The lowest BCUT2D eigenvalue weighted by molar-refractivity contribution is 0.392. The molecule has 0 atom stereocenters. The van der Waals surface area contributed by atoms with Crippen LogP contribution in [0, 0.1) is 27.7 Å². The van der Waals surface area contributed by atoms with Crippen LogP contribution in [0.15, 0.2) is 39.2 Å². The van der Waals surface area contributed by atoms with Gasteiger partial charge in [0.15, 0.2) is 0 Å². The Morgan fingerprint density at radius 2 is 1.96 bits per heavy atom. The van der Waals surface area contributed by atoms with E-state index in [1.165, 1.54) is 22.5 Å². The smallest absolute Gasteiger partial charge is 0.263 e. The van der Waals surface area contributed by atoms with E-state index in [-0.39, 0.29) is 5.56 Å². The molecule has 5 nitrogen and oxygen atoms in total. The molecule has 0 saturated carbocycles. The molecule has 0 N–H and O–H groups in total. The molecule has 0 spiro atoms. The normalized spacial score (nSPS) is 11.4. The third kappa shape index (κ3) is 2.66. The molecule has 1 aromatic carbocycles. The first-order chi connectivity index (χ1) is 12.5. The van der Waals surface area contributed by atoms with Gasteiger partial charge in [-0.1, -0.05) is 23.4 Å². The monoisotopic (exact) mass is 365 g/mol. The quantitative estimate of drug-likeness (QED) is 0.540. The van der Waals surface area contributed by atoms with Crippen molar-refractivity contribution in [3.63, 3.8) is 0 Å². The summed E-state index contributed by atoms with van der Waals surface area (Å²) in [6.45, 7) is 8.32.